The first-order valence-corrected chi connectivity index (χ1v) is 7.66. The topological polar surface area (TPSA) is 111 Å². The highest BCUT2D eigenvalue weighted by Crippen LogP contribution is 2.28. The summed E-state index contributed by atoms with van der Waals surface area (Å²) < 4.78 is 25.9. The lowest BCUT2D eigenvalue weighted by atomic mass is 10.2. The van der Waals surface area contributed by atoms with Gasteiger partial charge in [0.05, 0.1) is 37.3 Å². The van der Waals surface area contributed by atoms with Crippen molar-refractivity contribution in [3.05, 3.63) is 46.5 Å². The Labute approximate surface area is 143 Å². The summed E-state index contributed by atoms with van der Waals surface area (Å²) in [4.78, 5) is 22.8. The molecule has 0 aliphatic carbocycles. The summed E-state index contributed by atoms with van der Waals surface area (Å²) in [7, 11) is 0. The number of rotatable bonds is 3. The van der Waals surface area contributed by atoms with Crippen molar-refractivity contribution in [3.8, 4) is 5.69 Å². The van der Waals surface area contributed by atoms with E-state index >= 15 is 0 Å². The number of carboxylic acid groups (broad SMARTS) is 1. The Hall–Kier alpha value is -2.65. The van der Waals surface area contributed by atoms with Crippen LogP contribution in [0.25, 0.3) is 5.69 Å². The molecule has 0 unspecified atom stereocenters. The average molecular weight is 353 g/mol. The zero-order chi connectivity index (χ0) is 18.4. The molecule has 0 atom stereocenters. The van der Waals surface area contributed by atoms with Crippen LogP contribution in [0.15, 0.2) is 33.6 Å². The van der Waals surface area contributed by atoms with Crippen LogP contribution < -0.4 is 16.4 Å². The van der Waals surface area contributed by atoms with E-state index in [1.54, 1.807) is 12.1 Å². The number of para-hydroxylation sites is 1. The highest BCUT2D eigenvalue weighted by atomic mass is 19.1. The number of carboxylic acids is 1. The Morgan fingerprint density at radius 2 is 2.00 bits per heavy atom. The van der Waals surface area contributed by atoms with Crippen LogP contribution >= 0.6 is 0 Å². The standard InChI is InChI=1S/C14H16FN3O3.C2H4O2/c15-11-2-1-3-12(13(11)17-4-6-20-7-5-17)18-9-10(8-16)21-14(18)19;1-2(3)4/h1-3,9H,4-8,16H2;1H3,(H,3,4). The second kappa shape index (κ2) is 8.45. The monoisotopic (exact) mass is 353 g/mol. The van der Waals surface area contributed by atoms with E-state index in [1.165, 1.54) is 16.8 Å². The fraction of sp³-hybridized carbons (Fsp3) is 0.375. The first kappa shape index (κ1) is 18.7. The molecule has 0 amide bonds. The van der Waals surface area contributed by atoms with Crippen LogP contribution in [-0.4, -0.2) is 41.9 Å². The van der Waals surface area contributed by atoms with Crippen LogP contribution in [0, 0.1) is 5.82 Å². The van der Waals surface area contributed by atoms with Gasteiger partial charge in [0.1, 0.15) is 11.6 Å². The quantitative estimate of drug-likeness (QED) is 0.845. The molecule has 1 aliphatic rings. The molecule has 1 saturated heterocycles. The number of ether oxygens (including phenoxy) is 1. The Morgan fingerprint density at radius 1 is 1.36 bits per heavy atom. The molecule has 0 saturated carbocycles. The predicted molar refractivity (Wildman–Crippen MR) is 88.5 cm³/mol. The number of aliphatic carboxylic acids is 1. The van der Waals surface area contributed by atoms with E-state index in [1.807, 2.05) is 4.90 Å². The predicted octanol–water partition coefficient (Wildman–Crippen LogP) is 0.956. The number of anilines is 1. The number of hydrogen-bond donors (Lipinski definition) is 2. The van der Waals surface area contributed by atoms with Gasteiger partial charge in [0.25, 0.3) is 5.97 Å². The number of halogens is 1. The zero-order valence-corrected chi connectivity index (χ0v) is 13.8. The smallest absolute Gasteiger partial charge is 0.423 e. The van der Waals surface area contributed by atoms with Crippen LogP contribution in [0.4, 0.5) is 10.1 Å². The van der Waals surface area contributed by atoms with E-state index < -0.39 is 11.7 Å². The minimum atomic E-state index is -0.833. The number of nitrogens with two attached hydrogens (primary N) is 1. The second-order valence-corrected chi connectivity index (χ2v) is 5.26. The normalized spacial score (nSPS) is 14.0. The second-order valence-electron chi connectivity index (χ2n) is 5.26. The van der Waals surface area contributed by atoms with Gasteiger partial charge in [-0.1, -0.05) is 6.07 Å². The number of benzene rings is 1. The molecular weight excluding hydrogens is 333 g/mol. The van der Waals surface area contributed by atoms with Gasteiger partial charge in [-0.15, -0.1) is 0 Å². The van der Waals surface area contributed by atoms with E-state index in [-0.39, 0.29) is 12.4 Å². The van der Waals surface area contributed by atoms with Gasteiger partial charge in [0.2, 0.25) is 0 Å². The fourth-order valence-electron chi connectivity index (χ4n) is 2.44. The Bertz CT molecular complexity index is 776. The molecule has 1 aromatic heterocycles. The molecule has 0 radical (unpaired) electrons. The maximum Gasteiger partial charge on any atom is 0.423 e. The van der Waals surface area contributed by atoms with Gasteiger partial charge in [-0.05, 0) is 12.1 Å². The largest absolute Gasteiger partial charge is 0.481 e. The molecule has 3 N–H and O–H groups in total. The molecule has 1 aliphatic heterocycles. The van der Waals surface area contributed by atoms with Crippen LogP contribution in [0.5, 0.6) is 0 Å². The van der Waals surface area contributed by atoms with Gasteiger partial charge in [-0.3, -0.25) is 4.79 Å². The number of morpholine rings is 1. The van der Waals surface area contributed by atoms with Crippen molar-refractivity contribution >= 4 is 11.7 Å². The van der Waals surface area contributed by atoms with E-state index in [0.717, 1.165) is 6.92 Å². The van der Waals surface area contributed by atoms with Crippen LogP contribution in [-0.2, 0) is 16.1 Å². The first-order chi connectivity index (χ1) is 11.9. The molecule has 0 spiro atoms. The molecule has 2 aromatic rings. The van der Waals surface area contributed by atoms with Crippen molar-refractivity contribution in [3.63, 3.8) is 0 Å². The third-order valence-corrected chi connectivity index (χ3v) is 3.44. The molecular formula is C16H20FN3O5. The van der Waals surface area contributed by atoms with Crippen molar-refractivity contribution in [1.82, 2.24) is 4.57 Å². The number of aromatic nitrogens is 1. The first-order valence-electron chi connectivity index (χ1n) is 7.66. The number of nitrogens with zero attached hydrogens (tertiary/aromatic N) is 2. The summed E-state index contributed by atoms with van der Waals surface area (Å²) in [6.45, 7) is 3.41. The van der Waals surface area contributed by atoms with Crippen molar-refractivity contribution in [1.29, 1.82) is 0 Å². The maximum atomic E-state index is 14.3. The zero-order valence-electron chi connectivity index (χ0n) is 13.8. The lowest BCUT2D eigenvalue weighted by molar-refractivity contribution is -0.134. The van der Waals surface area contributed by atoms with Gasteiger partial charge in [0.15, 0.2) is 0 Å². The van der Waals surface area contributed by atoms with Crippen molar-refractivity contribution in [2.75, 3.05) is 31.2 Å². The number of hydrogen-bond acceptors (Lipinski definition) is 6. The number of carbonyl (C=O) groups is 1. The fourth-order valence-corrected chi connectivity index (χ4v) is 2.44. The molecule has 0 bridgehead atoms. The van der Waals surface area contributed by atoms with Gasteiger partial charge < -0.3 is 24.9 Å². The maximum absolute atomic E-state index is 14.3. The molecule has 136 valence electrons. The van der Waals surface area contributed by atoms with Crippen LogP contribution in [0.1, 0.15) is 12.7 Å². The van der Waals surface area contributed by atoms with E-state index in [2.05, 4.69) is 0 Å². The summed E-state index contributed by atoms with van der Waals surface area (Å²) in [6, 6.07) is 4.63. The summed E-state index contributed by atoms with van der Waals surface area (Å²) in [5, 5.41) is 7.42. The van der Waals surface area contributed by atoms with Crippen molar-refractivity contribution in [2.24, 2.45) is 5.73 Å². The lowest BCUT2D eigenvalue weighted by Crippen LogP contribution is -2.37. The minimum Gasteiger partial charge on any atom is -0.481 e. The van der Waals surface area contributed by atoms with Crippen molar-refractivity contribution < 1.29 is 23.4 Å². The Morgan fingerprint density at radius 3 is 2.56 bits per heavy atom. The highest BCUT2D eigenvalue weighted by Gasteiger charge is 2.21. The van der Waals surface area contributed by atoms with Crippen molar-refractivity contribution in [2.45, 2.75) is 13.5 Å². The Kier molecular flexibility index (Phi) is 6.31. The molecule has 1 aromatic carbocycles. The number of oxazole rings is 1. The summed E-state index contributed by atoms with van der Waals surface area (Å²) in [5.41, 5.74) is 6.31. The molecule has 3 rings (SSSR count). The molecule has 1 fully saturated rings. The summed E-state index contributed by atoms with van der Waals surface area (Å²) in [6.07, 6.45) is 1.50. The van der Waals surface area contributed by atoms with Gasteiger partial charge >= 0.3 is 5.76 Å². The van der Waals surface area contributed by atoms with E-state index in [4.69, 9.17) is 24.8 Å². The third kappa shape index (κ3) is 4.68. The lowest BCUT2D eigenvalue weighted by Gasteiger charge is -2.30. The SMILES string of the molecule is CC(=O)O.NCc1cn(-c2cccc(F)c2N2CCOCC2)c(=O)o1. The van der Waals surface area contributed by atoms with Crippen LogP contribution in [0.3, 0.4) is 0 Å². The van der Waals surface area contributed by atoms with Crippen LogP contribution in [0.2, 0.25) is 0 Å². The molecule has 25 heavy (non-hydrogen) atoms. The summed E-state index contributed by atoms with van der Waals surface area (Å²) in [5.74, 6) is -1.43. The molecule has 2 heterocycles. The third-order valence-electron chi connectivity index (χ3n) is 3.44. The van der Waals surface area contributed by atoms with Gasteiger partial charge in [-0.25, -0.2) is 13.8 Å². The van der Waals surface area contributed by atoms with E-state index in [9.17, 15) is 9.18 Å². The molecule has 8 nitrogen and oxygen atoms in total. The highest BCUT2D eigenvalue weighted by molar-refractivity contribution is 5.64. The Balaban J connectivity index is 0.000000511. The van der Waals surface area contributed by atoms with E-state index in [0.29, 0.717) is 43.4 Å². The minimum absolute atomic E-state index is 0.116. The van der Waals surface area contributed by atoms with Gasteiger partial charge in [-0.2, -0.15) is 0 Å². The average Bonchev–Trinajstić information content (AvgIpc) is 2.96. The molecule has 9 heteroatoms. The van der Waals surface area contributed by atoms with Gasteiger partial charge in [0, 0.05) is 20.0 Å². The summed E-state index contributed by atoms with van der Waals surface area (Å²) >= 11 is 0.